The Kier molecular flexibility index (Phi) is 18.1. The fourth-order valence-electron chi connectivity index (χ4n) is 8.68. The maximum Gasteiger partial charge on any atom is 0.261 e. The molecule has 0 atom stereocenters. The Morgan fingerprint density at radius 2 is 0.411 bits per heavy atom. The SMILES string of the molecule is O=C1c2ccccc2C(=O)N1CCOCCOCC(COCCOCCN1C(=O)c2ccccc2C1=O)(COCCOCCN1C(=O)c2ccccc2C1=O)COCCOCCN1C(=O)c2ccccc2C1=O. The number of amides is 8. The lowest BCUT2D eigenvalue weighted by atomic mass is 9.92. The minimum absolute atomic E-state index is 0.0521. The second-order valence-electron chi connectivity index (χ2n) is 17.4. The molecule has 4 aliphatic heterocycles. The fraction of sp³-hybridized carbons (Fsp3) is 0.396. The molecule has 0 radical (unpaired) electrons. The van der Waals surface area contributed by atoms with Gasteiger partial charge in [0.05, 0.1) is 182 Å². The van der Waals surface area contributed by atoms with E-state index in [9.17, 15) is 38.4 Å². The Morgan fingerprint density at radius 3 is 0.589 bits per heavy atom. The highest BCUT2D eigenvalue weighted by Crippen LogP contribution is 2.26. The highest BCUT2D eigenvalue weighted by molar-refractivity contribution is 6.23. The van der Waals surface area contributed by atoms with Crippen molar-refractivity contribution in [2.24, 2.45) is 5.41 Å². The fourth-order valence-corrected chi connectivity index (χ4v) is 8.68. The molecule has 8 rings (SSSR count). The van der Waals surface area contributed by atoms with Gasteiger partial charge in [0.2, 0.25) is 0 Å². The van der Waals surface area contributed by atoms with Crippen LogP contribution in [0.15, 0.2) is 97.1 Å². The van der Waals surface area contributed by atoms with E-state index in [0.717, 1.165) is 19.6 Å². The monoisotopic (exact) mass is 1000 g/mol. The second kappa shape index (κ2) is 25.2. The lowest BCUT2D eigenvalue weighted by molar-refractivity contribution is -0.121. The number of benzene rings is 4. The van der Waals surface area contributed by atoms with Gasteiger partial charge in [0, 0.05) is 0 Å². The molecule has 0 aliphatic carbocycles. The molecule has 4 heterocycles. The molecule has 20 heteroatoms. The van der Waals surface area contributed by atoms with E-state index >= 15 is 0 Å². The molecule has 8 amide bonds. The Hall–Kier alpha value is -6.88. The van der Waals surface area contributed by atoms with Crippen molar-refractivity contribution in [1.29, 1.82) is 0 Å². The zero-order valence-corrected chi connectivity index (χ0v) is 40.2. The van der Waals surface area contributed by atoms with Gasteiger partial charge in [0.1, 0.15) is 0 Å². The largest absolute Gasteiger partial charge is 0.378 e. The minimum Gasteiger partial charge on any atom is -0.378 e. The molecule has 73 heavy (non-hydrogen) atoms. The number of carbonyl (C=O) groups is 8. The van der Waals surface area contributed by atoms with Crippen LogP contribution < -0.4 is 0 Å². The summed E-state index contributed by atoms with van der Waals surface area (Å²) in [5.74, 6) is -3.00. The first kappa shape index (κ1) is 52.4. The van der Waals surface area contributed by atoms with Crippen LogP contribution in [0.2, 0.25) is 0 Å². The van der Waals surface area contributed by atoms with Crippen LogP contribution in [0.25, 0.3) is 0 Å². The van der Waals surface area contributed by atoms with Crippen LogP contribution in [-0.4, -0.2) is 199 Å². The Bertz CT molecular complexity index is 2190. The molecule has 20 nitrogen and oxygen atoms in total. The number of rotatable bonds is 32. The Labute approximate surface area is 420 Å². The van der Waals surface area contributed by atoms with Crippen molar-refractivity contribution >= 4 is 47.3 Å². The zero-order chi connectivity index (χ0) is 51.2. The first-order chi connectivity index (χ1) is 35.6. The van der Waals surface area contributed by atoms with Gasteiger partial charge in [-0.1, -0.05) is 48.5 Å². The van der Waals surface area contributed by atoms with Crippen molar-refractivity contribution in [2.45, 2.75) is 0 Å². The first-order valence-electron chi connectivity index (χ1n) is 24.0. The predicted octanol–water partition coefficient (Wildman–Crippen LogP) is 3.29. The third-order valence-corrected chi connectivity index (χ3v) is 12.5. The molecule has 4 aliphatic rings. The van der Waals surface area contributed by atoms with Gasteiger partial charge in [0.15, 0.2) is 0 Å². The number of ether oxygens (including phenoxy) is 8. The van der Waals surface area contributed by atoms with Crippen LogP contribution in [0.1, 0.15) is 82.9 Å². The van der Waals surface area contributed by atoms with E-state index in [0.29, 0.717) is 44.5 Å². The van der Waals surface area contributed by atoms with E-state index in [4.69, 9.17) is 37.9 Å². The smallest absolute Gasteiger partial charge is 0.261 e. The Balaban J connectivity index is 0.829. The molecular weight excluding hydrogens is 949 g/mol. The molecule has 0 unspecified atom stereocenters. The topological polar surface area (TPSA) is 223 Å². The molecule has 4 aromatic carbocycles. The molecule has 0 aromatic heterocycles. The summed E-state index contributed by atoms with van der Waals surface area (Å²) in [4.78, 5) is 107. The number of nitrogens with zero attached hydrogens (tertiary/aromatic N) is 4. The third-order valence-electron chi connectivity index (χ3n) is 12.5. The van der Waals surface area contributed by atoms with Gasteiger partial charge in [-0.05, 0) is 48.5 Å². The van der Waals surface area contributed by atoms with Crippen LogP contribution in [0.3, 0.4) is 0 Å². The van der Waals surface area contributed by atoms with E-state index in [-0.39, 0.29) is 179 Å². The lowest BCUT2D eigenvalue weighted by Gasteiger charge is -2.33. The van der Waals surface area contributed by atoms with E-state index in [1.807, 2.05) is 0 Å². The van der Waals surface area contributed by atoms with Crippen LogP contribution in [0.5, 0.6) is 0 Å². The predicted molar refractivity (Wildman–Crippen MR) is 256 cm³/mol. The van der Waals surface area contributed by atoms with Gasteiger partial charge in [-0.2, -0.15) is 0 Å². The molecular formula is C53H56N4O16. The van der Waals surface area contributed by atoms with E-state index in [2.05, 4.69) is 0 Å². The average molecular weight is 1010 g/mol. The molecule has 0 fully saturated rings. The quantitative estimate of drug-likeness (QED) is 0.0506. The van der Waals surface area contributed by atoms with E-state index in [1.54, 1.807) is 97.1 Å². The maximum atomic E-state index is 12.8. The highest BCUT2D eigenvalue weighted by atomic mass is 16.6. The summed E-state index contributed by atoms with van der Waals surface area (Å²) in [7, 11) is 0. The third kappa shape index (κ3) is 12.3. The molecule has 384 valence electrons. The Morgan fingerprint density at radius 1 is 0.247 bits per heavy atom. The highest BCUT2D eigenvalue weighted by Gasteiger charge is 2.38. The number of fused-ring (bicyclic) bond motifs is 4. The molecule has 4 aromatic rings. The molecule has 0 bridgehead atoms. The molecule has 0 N–H and O–H groups in total. The number of hydrogen-bond donors (Lipinski definition) is 0. The summed E-state index contributed by atoms with van der Waals surface area (Å²) in [5.41, 5.74) is 1.89. The van der Waals surface area contributed by atoms with Crippen LogP contribution in [0.4, 0.5) is 0 Å². The van der Waals surface area contributed by atoms with Crippen molar-refractivity contribution < 1.29 is 76.3 Å². The normalized spacial score (nSPS) is 15.1. The van der Waals surface area contributed by atoms with Gasteiger partial charge >= 0.3 is 0 Å². The first-order valence-corrected chi connectivity index (χ1v) is 24.0. The average Bonchev–Trinajstić information content (AvgIpc) is 4.00. The van der Waals surface area contributed by atoms with Crippen molar-refractivity contribution in [3.8, 4) is 0 Å². The number of imide groups is 4. The van der Waals surface area contributed by atoms with Gasteiger partial charge in [-0.25, -0.2) is 0 Å². The lowest BCUT2D eigenvalue weighted by Crippen LogP contribution is -2.43. The number of hydrogen-bond acceptors (Lipinski definition) is 16. The summed E-state index contributed by atoms with van der Waals surface area (Å²) >= 11 is 0. The second-order valence-corrected chi connectivity index (χ2v) is 17.4. The maximum absolute atomic E-state index is 12.8. The van der Waals surface area contributed by atoms with E-state index in [1.165, 1.54) is 0 Å². The standard InChI is InChI=1S/C53H56N4O16/c58-45-37-9-1-2-10-38(37)46(59)54(45)17-21-66-25-29-70-33-53(34-71-30-26-67-22-18-55-47(60)39-11-3-4-12-40(39)48(55)61,35-72-31-27-68-23-19-56-49(62)41-13-5-6-14-42(41)50(56)63)36-73-32-28-69-24-20-57-51(64)43-15-7-8-16-44(43)52(57)65/h1-16H,17-36H2. The van der Waals surface area contributed by atoms with Crippen molar-refractivity contribution in [2.75, 3.05) is 132 Å². The molecule has 0 spiro atoms. The van der Waals surface area contributed by atoms with Crippen LogP contribution in [0, 0.1) is 5.41 Å². The van der Waals surface area contributed by atoms with E-state index < -0.39 is 5.41 Å². The van der Waals surface area contributed by atoms with Gasteiger partial charge in [0.25, 0.3) is 47.3 Å². The summed E-state index contributed by atoms with van der Waals surface area (Å²) in [6.07, 6.45) is 0. The molecule has 0 saturated heterocycles. The van der Waals surface area contributed by atoms with Gasteiger partial charge < -0.3 is 37.9 Å². The molecule has 0 saturated carbocycles. The van der Waals surface area contributed by atoms with Gasteiger partial charge in [-0.3, -0.25) is 58.0 Å². The summed E-state index contributed by atoms with van der Waals surface area (Å²) in [5, 5.41) is 0. The summed E-state index contributed by atoms with van der Waals surface area (Å²) in [6, 6.07) is 26.6. The van der Waals surface area contributed by atoms with Crippen LogP contribution >= 0.6 is 0 Å². The summed E-state index contributed by atoms with van der Waals surface area (Å²) < 4.78 is 47.7. The zero-order valence-electron chi connectivity index (χ0n) is 40.2. The van der Waals surface area contributed by atoms with Crippen molar-refractivity contribution in [3.63, 3.8) is 0 Å². The minimum atomic E-state index is -0.944. The number of carbonyl (C=O) groups excluding carboxylic acids is 8. The van der Waals surface area contributed by atoms with Crippen LogP contribution in [-0.2, 0) is 37.9 Å². The summed E-state index contributed by atoms with van der Waals surface area (Å²) in [6.45, 7) is 1.79. The van der Waals surface area contributed by atoms with Crippen molar-refractivity contribution in [3.05, 3.63) is 142 Å². The van der Waals surface area contributed by atoms with Gasteiger partial charge in [-0.15, -0.1) is 0 Å². The van der Waals surface area contributed by atoms with Crippen molar-refractivity contribution in [1.82, 2.24) is 19.6 Å².